The van der Waals surface area contributed by atoms with Crippen molar-refractivity contribution in [2.24, 2.45) is 5.92 Å². The maximum absolute atomic E-state index is 11.4. The first kappa shape index (κ1) is 13.0. The molecule has 1 fully saturated rings. The van der Waals surface area contributed by atoms with E-state index in [1.807, 2.05) is 0 Å². The fraction of sp³-hybridized carbons (Fsp3) is 0.833. The molecule has 0 spiro atoms. The molecule has 0 unspecified atom stereocenters. The van der Waals surface area contributed by atoms with Crippen molar-refractivity contribution in [3.05, 3.63) is 0 Å². The summed E-state index contributed by atoms with van der Waals surface area (Å²) in [6, 6.07) is -0.779. The Bertz CT molecular complexity index is 247. The summed E-state index contributed by atoms with van der Waals surface area (Å²) >= 11 is 0. The molecule has 1 atom stereocenters. The first-order valence-corrected chi connectivity index (χ1v) is 6.11. The van der Waals surface area contributed by atoms with Crippen LogP contribution in [0.3, 0.4) is 0 Å². The van der Waals surface area contributed by atoms with Crippen molar-refractivity contribution in [2.75, 3.05) is 0 Å². The van der Waals surface area contributed by atoms with E-state index in [-0.39, 0.29) is 5.91 Å². The second-order valence-corrected chi connectivity index (χ2v) is 4.67. The Morgan fingerprint density at radius 1 is 1.31 bits per heavy atom. The number of carbonyl (C=O) groups is 2. The van der Waals surface area contributed by atoms with Crippen LogP contribution < -0.4 is 5.32 Å². The minimum absolute atomic E-state index is 0.138. The van der Waals surface area contributed by atoms with Gasteiger partial charge < -0.3 is 10.4 Å². The molecule has 0 aromatic heterocycles. The Morgan fingerprint density at radius 2 is 1.94 bits per heavy atom. The van der Waals surface area contributed by atoms with Crippen LogP contribution in [0.1, 0.15) is 51.9 Å². The Labute approximate surface area is 96.4 Å². The number of aliphatic carboxylic acids is 1. The zero-order valence-electron chi connectivity index (χ0n) is 9.87. The van der Waals surface area contributed by atoms with Crippen LogP contribution in [-0.4, -0.2) is 23.0 Å². The molecule has 0 saturated heterocycles. The van der Waals surface area contributed by atoms with Gasteiger partial charge in [-0.05, 0) is 19.3 Å². The summed E-state index contributed by atoms with van der Waals surface area (Å²) in [4.78, 5) is 22.0. The van der Waals surface area contributed by atoms with Crippen LogP contribution in [0.2, 0.25) is 0 Å². The fourth-order valence-corrected chi connectivity index (χ4v) is 2.19. The summed E-state index contributed by atoms with van der Waals surface area (Å²) in [5.74, 6) is -0.453. The van der Waals surface area contributed by atoms with Crippen LogP contribution in [-0.2, 0) is 9.59 Å². The van der Waals surface area contributed by atoms with E-state index in [2.05, 4.69) is 5.32 Å². The first-order chi connectivity index (χ1) is 7.59. The van der Waals surface area contributed by atoms with Crippen LogP contribution in [0.15, 0.2) is 0 Å². The lowest BCUT2D eigenvalue weighted by Gasteiger charge is -2.21. The highest BCUT2D eigenvalue weighted by Gasteiger charge is 2.17. The zero-order chi connectivity index (χ0) is 12.0. The smallest absolute Gasteiger partial charge is 0.325 e. The Hall–Kier alpha value is -1.06. The second kappa shape index (κ2) is 6.51. The van der Waals surface area contributed by atoms with Gasteiger partial charge in [-0.1, -0.05) is 32.1 Å². The standard InChI is InChI=1S/C12H21NO3/c1-9(12(15)16)13-11(14)8-7-10-5-3-2-4-6-10/h9-10H,2-8H2,1H3,(H,13,14)(H,15,16)/t9-/m0/s1. The molecule has 92 valence electrons. The van der Waals surface area contributed by atoms with Crippen LogP contribution >= 0.6 is 0 Å². The van der Waals surface area contributed by atoms with E-state index in [1.54, 1.807) is 0 Å². The number of hydrogen-bond donors (Lipinski definition) is 2. The van der Waals surface area contributed by atoms with Gasteiger partial charge in [-0.3, -0.25) is 9.59 Å². The molecule has 1 aliphatic rings. The molecule has 4 nitrogen and oxygen atoms in total. The summed E-state index contributed by atoms with van der Waals surface area (Å²) in [7, 11) is 0. The van der Waals surface area contributed by atoms with E-state index in [1.165, 1.54) is 39.0 Å². The number of carboxylic acid groups (broad SMARTS) is 1. The van der Waals surface area contributed by atoms with E-state index in [9.17, 15) is 9.59 Å². The molecule has 1 rings (SSSR count). The normalized spacial score (nSPS) is 19.1. The third-order valence-electron chi connectivity index (χ3n) is 3.25. The van der Waals surface area contributed by atoms with Gasteiger partial charge in [-0.15, -0.1) is 0 Å². The molecular weight excluding hydrogens is 206 g/mol. The number of amides is 1. The minimum atomic E-state index is -0.981. The maximum Gasteiger partial charge on any atom is 0.325 e. The molecule has 1 aliphatic carbocycles. The highest BCUT2D eigenvalue weighted by atomic mass is 16.4. The molecule has 0 aromatic carbocycles. The summed E-state index contributed by atoms with van der Waals surface area (Å²) < 4.78 is 0. The predicted octanol–water partition coefficient (Wildman–Crippen LogP) is 1.94. The highest BCUT2D eigenvalue weighted by Crippen LogP contribution is 2.27. The number of rotatable bonds is 5. The lowest BCUT2D eigenvalue weighted by Crippen LogP contribution is -2.38. The Morgan fingerprint density at radius 3 is 2.50 bits per heavy atom. The van der Waals surface area contributed by atoms with E-state index in [0.717, 1.165) is 6.42 Å². The van der Waals surface area contributed by atoms with Crippen LogP contribution in [0.4, 0.5) is 0 Å². The van der Waals surface area contributed by atoms with E-state index >= 15 is 0 Å². The van der Waals surface area contributed by atoms with Gasteiger partial charge in [0.1, 0.15) is 6.04 Å². The molecule has 1 amide bonds. The highest BCUT2D eigenvalue weighted by molar-refractivity contribution is 5.83. The third kappa shape index (κ3) is 4.64. The summed E-state index contributed by atoms with van der Waals surface area (Å²) in [6.45, 7) is 1.49. The molecule has 0 aromatic rings. The van der Waals surface area contributed by atoms with Crippen molar-refractivity contribution >= 4 is 11.9 Å². The van der Waals surface area contributed by atoms with E-state index < -0.39 is 12.0 Å². The van der Waals surface area contributed by atoms with Gasteiger partial charge in [-0.25, -0.2) is 0 Å². The maximum atomic E-state index is 11.4. The number of carboxylic acids is 1. The molecular formula is C12H21NO3. The fourth-order valence-electron chi connectivity index (χ4n) is 2.19. The van der Waals surface area contributed by atoms with Crippen LogP contribution in [0, 0.1) is 5.92 Å². The molecule has 0 aliphatic heterocycles. The van der Waals surface area contributed by atoms with Crippen molar-refractivity contribution in [1.82, 2.24) is 5.32 Å². The van der Waals surface area contributed by atoms with Gasteiger partial charge in [0.05, 0.1) is 0 Å². The minimum Gasteiger partial charge on any atom is -0.480 e. The summed E-state index contributed by atoms with van der Waals surface area (Å²) in [5, 5.41) is 11.1. The van der Waals surface area contributed by atoms with Crippen LogP contribution in [0.25, 0.3) is 0 Å². The lowest BCUT2D eigenvalue weighted by molar-refractivity contribution is -0.141. The predicted molar refractivity (Wildman–Crippen MR) is 61.0 cm³/mol. The van der Waals surface area contributed by atoms with Gasteiger partial charge >= 0.3 is 5.97 Å². The molecule has 16 heavy (non-hydrogen) atoms. The quantitative estimate of drug-likeness (QED) is 0.754. The monoisotopic (exact) mass is 227 g/mol. The number of nitrogens with one attached hydrogen (secondary N) is 1. The third-order valence-corrected chi connectivity index (χ3v) is 3.25. The average Bonchev–Trinajstić information content (AvgIpc) is 2.27. The topological polar surface area (TPSA) is 66.4 Å². The first-order valence-electron chi connectivity index (χ1n) is 6.11. The molecule has 1 saturated carbocycles. The van der Waals surface area contributed by atoms with E-state index in [4.69, 9.17) is 5.11 Å². The molecule has 0 bridgehead atoms. The van der Waals surface area contributed by atoms with Crippen molar-refractivity contribution in [3.63, 3.8) is 0 Å². The average molecular weight is 227 g/mol. The summed E-state index contributed by atoms with van der Waals surface area (Å²) in [5.41, 5.74) is 0. The lowest BCUT2D eigenvalue weighted by atomic mass is 9.86. The van der Waals surface area contributed by atoms with E-state index in [0.29, 0.717) is 12.3 Å². The Balaban J connectivity index is 2.16. The van der Waals surface area contributed by atoms with Gasteiger partial charge in [0.2, 0.25) is 5.91 Å². The summed E-state index contributed by atoms with van der Waals surface area (Å²) in [6.07, 6.45) is 7.68. The number of carbonyl (C=O) groups excluding carboxylic acids is 1. The molecule has 0 heterocycles. The van der Waals surface area contributed by atoms with Crippen molar-refractivity contribution < 1.29 is 14.7 Å². The van der Waals surface area contributed by atoms with Crippen LogP contribution in [0.5, 0.6) is 0 Å². The SMILES string of the molecule is C[C@H](NC(=O)CCC1CCCCC1)C(=O)O. The van der Waals surface area contributed by atoms with Gasteiger partial charge in [0.25, 0.3) is 0 Å². The number of hydrogen-bond acceptors (Lipinski definition) is 2. The van der Waals surface area contributed by atoms with Crippen molar-refractivity contribution in [3.8, 4) is 0 Å². The zero-order valence-corrected chi connectivity index (χ0v) is 9.87. The molecule has 2 N–H and O–H groups in total. The second-order valence-electron chi connectivity index (χ2n) is 4.67. The molecule has 0 radical (unpaired) electrons. The van der Waals surface area contributed by atoms with Crippen molar-refractivity contribution in [1.29, 1.82) is 0 Å². The Kier molecular flexibility index (Phi) is 5.29. The van der Waals surface area contributed by atoms with Crippen molar-refractivity contribution in [2.45, 2.75) is 57.9 Å². The molecule has 4 heteroatoms. The van der Waals surface area contributed by atoms with Gasteiger partial charge in [0.15, 0.2) is 0 Å². The largest absolute Gasteiger partial charge is 0.480 e. The van der Waals surface area contributed by atoms with Gasteiger partial charge in [0, 0.05) is 6.42 Å². The van der Waals surface area contributed by atoms with Gasteiger partial charge in [-0.2, -0.15) is 0 Å².